The standard InChI is InChI=1S/C26H32Cl3N5O5/c1-2-33-20(14-18-8-7-17(13-22(18)33)15-30-31-25(38)39-26(27,28)29)10-9-19-5-3-12-34(19)24(37)21-6-4-11-32(21)16-23(35)36/h7-8,13-15,19,21H,2-6,9-12,16H2,1H3,(H,31,38)(H,35,36)/t19-,21+/m0/s1. The van der Waals surface area contributed by atoms with Crippen molar-refractivity contribution in [3.05, 3.63) is 35.5 Å². The molecule has 212 valence electrons. The second kappa shape index (κ2) is 12.8. The van der Waals surface area contributed by atoms with Gasteiger partial charge in [0.1, 0.15) is 0 Å². The lowest BCUT2D eigenvalue weighted by Crippen LogP contribution is -2.48. The van der Waals surface area contributed by atoms with E-state index in [4.69, 9.17) is 34.8 Å². The molecule has 1 aromatic heterocycles. The van der Waals surface area contributed by atoms with Gasteiger partial charge in [0.2, 0.25) is 5.91 Å². The summed E-state index contributed by atoms with van der Waals surface area (Å²) in [5.41, 5.74) is 5.14. The molecule has 10 nitrogen and oxygen atoms in total. The predicted molar refractivity (Wildman–Crippen MR) is 150 cm³/mol. The number of carbonyl (C=O) groups excluding carboxylic acids is 2. The molecule has 0 spiro atoms. The third-order valence-corrected chi connectivity index (χ3v) is 7.52. The van der Waals surface area contributed by atoms with E-state index in [1.54, 1.807) is 4.90 Å². The summed E-state index contributed by atoms with van der Waals surface area (Å²) in [4.78, 5) is 40.0. The summed E-state index contributed by atoms with van der Waals surface area (Å²) in [6.45, 7) is 4.14. The van der Waals surface area contributed by atoms with Gasteiger partial charge in [0.15, 0.2) is 0 Å². The maximum absolute atomic E-state index is 13.4. The number of likely N-dealkylation sites (tertiary alicyclic amines) is 2. The minimum atomic E-state index is -2.17. The van der Waals surface area contributed by atoms with Crippen LogP contribution in [-0.4, -0.2) is 79.4 Å². The number of nitrogens with zero attached hydrogens (tertiary/aromatic N) is 4. The lowest BCUT2D eigenvalue weighted by atomic mass is 10.1. The largest absolute Gasteiger partial charge is 0.480 e. The summed E-state index contributed by atoms with van der Waals surface area (Å²) in [5, 5.41) is 14.2. The Balaban J connectivity index is 1.41. The molecule has 39 heavy (non-hydrogen) atoms. The molecule has 2 N–H and O–H groups in total. The summed E-state index contributed by atoms with van der Waals surface area (Å²) in [5.74, 6) is -0.823. The fourth-order valence-corrected chi connectivity index (χ4v) is 5.89. The first-order valence-electron chi connectivity index (χ1n) is 13.0. The van der Waals surface area contributed by atoms with E-state index in [2.05, 4.69) is 32.8 Å². The fraction of sp³-hybridized carbons (Fsp3) is 0.538. The van der Waals surface area contributed by atoms with Crippen LogP contribution in [0.4, 0.5) is 4.79 Å². The van der Waals surface area contributed by atoms with Crippen molar-refractivity contribution in [2.45, 2.75) is 68.1 Å². The van der Waals surface area contributed by atoms with Gasteiger partial charge in [-0.3, -0.25) is 14.5 Å². The van der Waals surface area contributed by atoms with E-state index >= 15 is 0 Å². The molecule has 2 aliphatic rings. The summed E-state index contributed by atoms with van der Waals surface area (Å²) < 4.78 is 4.57. The molecular formula is C26H32Cl3N5O5. The molecule has 13 heteroatoms. The van der Waals surface area contributed by atoms with E-state index < -0.39 is 16.0 Å². The van der Waals surface area contributed by atoms with E-state index in [1.165, 1.54) is 11.9 Å². The quantitative estimate of drug-likeness (QED) is 0.248. The molecule has 2 aliphatic heterocycles. The van der Waals surface area contributed by atoms with Gasteiger partial charge in [-0.05, 0) is 110 Å². The third kappa shape index (κ3) is 7.57. The number of nitrogens with one attached hydrogen (secondary N) is 1. The molecule has 4 rings (SSSR count). The van der Waals surface area contributed by atoms with Crippen LogP contribution in [0.3, 0.4) is 0 Å². The number of fused-ring (bicyclic) bond motifs is 1. The summed E-state index contributed by atoms with van der Waals surface area (Å²) >= 11 is 16.3. The summed E-state index contributed by atoms with van der Waals surface area (Å²) in [6.07, 6.45) is 5.63. The van der Waals surface area contributed by atoms with E-state index in [-0.39, 0.29) is 24.5 Å². The average Bonchev–Trinajstić information content (AvgIpc) is 3.58. The van der Waals surface area contributed by atoms with Gasteiger partial charge in [-0.1, -0.05) is 12.1 Å². The Morgan fingerprint density at radius 2 is 1.95 bits per heavy atom. The Hall–Kier alpha value is -2.53. The first kappa shape index (κ1) is 29.5. The number of aliphatic carboxylic acids is 1. The maximum Gasteiger partial charge on any atom is 0.431 e. The normalized spacial score (nSPS) is 20.3. The maximum atomic E-state index is 13.4. The number of benzene rings is 1. The molecule has 0 aliphatic carbocycles. The van der Waals surface area contributed by atoms with Crippen molar-refractivity contribution in [1.82, 2.24) is 19.8 Å². The average molecular weight is 601 g/mol. The first-order chi connectivity index (χ1) is 18.6. The van der Waals surface area contributed by atoms with Crippen molar-refractivity contribution < 1.29 is 24.2 Å². The van der Waals surface area contributed by atoms with Gasteiger partial charge in [-0.25, -0.2) is 10.2 Å². The zero-order valence-corrected chi connectivity index (χ0v) is 23.9. The molecule has 3 heterocycles. The van der Waals surface area contributed by atoms with Gasteiger partial charge < -0.3 is 19.3 Å². The topological polar surface area (TPSA) is 116 Å². The van der Waals surface area contributed by atoms with Crippen LogP contribution in [0.2, 0.25) is 0 Å². The number of halogens is 3. The number of amides is 2. The number of alkyl halides is 3. The van der Waals surface area contributed by atoms with Gasteiger partial charge in [0.25, 0.3) is 0 Å². The molecular weight excluding hydrogens is 569 g/mol. The molecule has 2 aromatic rings. The van der Waals surface area contributed by atoms with E-state index in [1.807, 2.05) is 23.1 Å². The minimum absolute atomic E-state index is 0.0718. The molecule has 2 amide bonds. The van der Waals surface area contributed by atoms with Gasteiger partial charge in [-0.2, -0.15) is 5.10 Å². The molecule has 2 saturated heterocycles. The van der Waals surface area contributed by atoms with Crippen molar-refractivity contribution in [2.75, 3.05) is 19.6 Å². The molecule has 0 radical (unpaired) electrons. The minimum Gasteiger partial charge on any atom is -0.480 e. The third-order valence-electron chi connectivity index (χ3n) is 7.29. The molecule has 0 saturated carbocycles. The van der Waals surface area contributed by atoms with Crippen LogP contribution in [0.25, 0.3) is 10.9 Å². The van der Waals surface area contributed by atoms with Gasteiger partial charge in [0.05, 0.1) is 18.8 Å². The number of hydrogen-bond acceptors (Lipinski definition) is 6. The number of hydrazone groups is 1. The van der Waals surface area contributed by atoms with Crippen LogP contribution in [0.1, 0.15) is 50.3 Å². The number of ether oxygens (including phenoxy) is 1. The predicted octanol–water partition coefficient (Wildman–Crippen LogP) is 4.52. The molecule has 2 fully saturated rings. The van der Waals surface area contributed by atoms with Crippen molar-refractivity contribution in [1.29, 1.82) is 0 Å². The monoisotopic (exact) mass is 599 g/mol. The van der Waals surface area contributed by atoms with Gasteiger partial charge in [-0.15, -0.1) is 0 Å². The van der Waals surface area contributed by atoms with Crippen LogP contribution in [-0.2, 0) is 27.3 Å². The number of carbonyl (C=O) groups is 3. The zero-order chi connectivity index (χ0) is 28.2. The Bertz CT molecular complexity index is 1240. The summed E-state index contributed by atoms with van der Waals surface area (Å²) in [7, 11) is 0. The second-order valence-electron chi connectivity index (χ2n) is 9.79. The van der Waals surface area contributed by atoms with Gasteiger partial charge in [0, 0.05) is 30.3 Å². The number of carboxylic acids is 1. The smallest absolute Gasteiger partial charge is 0.431 e. The van der Waals surface area contributed by atoms with E-state index in [9.17, 15) is 19.5 Å². The number of rotatable bonds is 9. The van der Waals surface area contributed by atoms with Crippen molar-refractivity contribution in [3.8, 4) is 0 Å². The SMILES string of the molecule is CCn1c(CC[C@@H]2CCCN2C(=O)[C@H]2CCCN2CC(=O)O)cc2ccc(C=NNC(=O)OC(Cl)(Cl)Cl)cc21. The Labute approximate surface area is 241 Å². The van der Waals surface area contributed by atoms with Crippen molar-refractivity contribution >= 4 is 69.9 Å². The van der Waals surface area contributed by atoms with Crippen LogP contribution in [0.15, 0.2) is 29.4 Å². The molecule has 0 bridgehead atoms. The Morgan fingerprint density at radius 1 is 1.18 bits per heavy atom. The van der Waals surface area contributed by atoms with E-state index in [0.29, 0.717) is 13.0 Å². The van der Waals surface area contributed by atoms with Crippen LogP contribution in [0, 0.1) is 0 Å². The number of carboxylic acid groups (broad SMARTS) is 1. The highest BCUT2D eigenvalue weighted by atomic mass is 35.6. The van der Waals surface area contributed by atoms with E-state index in [0.717, 1.165) is 61.7 Å². The zero-order valence-electron chi connectivity index (χ0n) is 21.6. The fourth-order valence-electron chi connectivity index (χ4n) is 5.68. The van der Waals surface area contributed by atoms with Crippen LogP contribution in [0.5, 0.6) is 0 Å². The van der Waals surface area contributed by atoms with Crippen LogP contribution < -0.4 is 5.43 Å². The van der Waals surface area contributed by atoms with Crippen LogP contribution >= 0.6 is 34.8 Å². The Morgan fingerprint density at radius 3 is 2.67 bits per heavy atom. The highest BCUT2D eigenvalue weighted by molar-refractivity contribution is 6.66. The Kier molecular flexibility index (Phi) is 9.64. The molecule has 2 atom stereocenters. The summed E-state index contributed by atoms with van der Waals surface area (Å²) in [6, 6.07) is 7.85. The molecule has 0 unspecified atom stereocenters. The molecule has 1 aromatic carbocycles. The lowest BCUT2D eigenvalue weighted by Gasteiger charge is -2.31. The second-order valence-corrected chi connectivity index (χ2v) is 12.0. The lowest BCUT2D eigenvalue weighted by molar-refractivity contribution is -0.141. The number of aryl methyl sites for hydroxylation is 2. The van der Waals surface area contributed by atoms with Crippen molar-refractivity contribution in [3.63, 3.8) is 0 Å². The van der Waals surface area contributed by atoms with Crippen molar-refractivity contribution in [2.24, 2.45) is 5.10 Å². The first-order valence-corrected chi connectivity index (χ1v) is 14.2. The highest BCUT2D eigenvalue weighted by Gasteiger charge is 2.38. The number of aromatic nitrogens is 1. The highest BCUT2D eigenvalue weighted by Crippen LogP contribution is 2.29. The number of hydrogen-bond donors (Lipinski definition) is 2. The van der Waals surface area contributed by atoms with Gasteiger partial charge >= 0.3 is 16.0 Å².